The minimum absolute atomic E-state index is 0.696. The first-order valence-corrected chi connectivity index (χ1v) is 21.3. The van der Waals surface area contributed by atoms with E-state index in [1.807, 2.05) is 12.1 Å². The van der Waals surface area contributed by atoms with Crippen LogP contribution < -0.4 is 0 Å². The maximum atomic E-state index is 7.27. The molecule has 0 aliphatic carbocycles. The van der Waals surface area contributed by atoms with Crippen molar-refractivity contribution in [2.24, 2.45) is 0 Å². The number of aromatic nitrogens is 4. The van der Waals surface area contributed by atoms with E-state index in [1.165, 1.54) is 16.3 Å². The van der Waals surface area contributed by atoms with Crippen LogP contribution in [0.15, 0.2) is 164 Å². The van der Waals surface area contributed by atoms with Gasteiger partial charge in [-0.2, -0.15) is 0 Å². The number of rotatable bonds is 4. The summed E-state index contributed by atoms with van der Waals surface area (Å²) in [5.41, 5.74) is 18.2. The number of H-pyrrole nitrogens is 4. The summed E-state index contributed by atoms with van der Waals surface area (Å²) in [6.45, 7) is 2.13. The summed E-state index contributed by atoms with van der Waals surface area (Å²) in [7, 11) is 0. The van der Waals surface area contributed by atoms with Crippen LogP contribution in [0.5, 0.6) is 0 Å². The molecule has 61 heavy (non-hydrogen) atoms. The third-order valence-corrected chi connectivity index (χ3v) is 13.5. The van der Waals surface area contributed by atoms with E-state index in [2.05, 4.69) is 179 Å². The van der Waals surface area contributed by atoms with Gasteiger partial charge in [0, 0.05) is 87.5 Å². The Hall–Kier alpha value is -7.24. The van der Waals surface area contributed by atoms with Gasteiger partial charge in [-0.3, -0.25) is 0 Å². The Balaban J connectivity index is 1.20. The molecule has 0 aliphatic rings. The van der Waals surface area contributed by atoms with Crippen LogP contribution in [0.3, 0.4) is 0 Å². The number of hydrogen-bond donors (Lipinski definition) is 4. The number of hydrogen-bond acceptors (Lipinski definition) is 0. The maximum absolute atomic E-state index is 7.27. The lowest BCUT2D eigenvalue weighted by Gasteiger charge is -2.13. The van der Waals surface area contributed by atoms with Crippen LogP contribution in [-0.4, -0.2) is 19.9 Å². The zero-order chi connectivity index (χ0) is 40.5. The van der Waals surface area contributed by atoms with Gasteiger partial charge in [0.1, 0.15) is 0 Å². The van der Waals surface area contributed by atoms with E-state index in [-0.39, 0.29) is 0 Å². The van der Waals surface area contributed by atoms with Gasteiger partial charge in [-0.25, -0.2) is 0 Å². The SMILES string of the molecule is Cc1ccc2c(c1)[nH]c1c(-c3cccc4c3[nH]c3c(-c5ccccc5)c5c([nH]c6c(-c7c(Cl)ccc8c7[nH]c7ccccc78)cccc65)c(-c5ccccc5)c34)c(Cl)ccc12. The molecule has 4 heterocycles. The van der Waals surface area contributed by atoms with Crippen molar-refractivity contribution >= 4 is 110 Å². The summed E-state index contributed by atoms with van der Waals surface area (Å²) < 4.78 is 0. The molecule has 0 saturated carbocycles. The number of halogens is 2. The van der Waals surface area contributed by atoms with Crippen molar-refractivity contribution in [2.45, 2.75) is 6.92 Å². The quantitative estimate of drug-likeness (QED) is 0.137. The van der Waals surface area contributed by atoms with Crippen LogP contribution in [-0.2, 0) is 0 Å². The van der Waals surface area contributed by atoms with Gasteiger partial charge in [-0.1, -0.05) is 163 Å². The first kappa shape index (κ1) is 34.6. The van der Waals surface area contributed by atoms with Gasteiger partial charge in [0.15, 0.2) is 0 Å². The molecule has 0 spiro atoms. The van der Waals surface area contributed by atoms with Gasteiger partial charge >= 0.3 is 0 Å². The highest BCUT2D eigenvalue weighted by Crippen LogP contribution is 2.52. The molecule has 0 amide bonds. The summed E-state index contributed by atoms with van der Waals surface area (Å²) in [6, 6.07) is 58.1. The molecule has 0 unspecified atom stereocenters. The number of fused-ring (bicyclic) bond motifs is 12. The van der Waals surface area contributed by atoms with Crippen LogP contribution in [0.1, 0.15) is 5.56 Å². The Morgan fingerprint density at radius 1 is 0.328 bits per heavy atom. The molecule has 9 aromatic carbocycles. The average Bonchev–Trinajstić information content (AvgIpc) is 4.06. The minimum Gasteiger partial charge on any atom is -0.354 e. The van der Waals surface area contributed by atoms with Crippen molar-refractivity contribution in [3.8, 4) is 44.5 Å². The van der Waals surface area contributed by atoms with E-state index >= 15 is 0 Å². The van der Waals surface area contributed by atoms with E-state index < -0.39 is 0 Å². The Morgan fingerprint density at radius 3 is 1.34 bits per heavy atom. The molecule has 4 aromatic heterocycles. The van der Waals surface area contributed by atoms with E-state index in [0.29, 0.717) is 10.0 Å². The monoisotopic (exact) mass is 820 g/mol. The molecule has 13 rings (SSSR count). The number of para-hydroxylation sites is 3. The fraction of sp³-hybridized carbons (Fsp3) is 0.0182. The largest absolute Gasteiger partial charge is 0.354 e. The molecule has 0 bridgehead atoms. The summed E-state index contributed by atoms with van der Waals surface area (Å²) in [5, 5.41) is 10.6. The summed E-state index contributed by atoms with van der Waals surface area (Å²) in [6.07, 6.45) is 0. The third-order valence-electron chi connectivity index (χ3n) is 12.8. The molecule has 4 N–H and O–H groups in total. The van der Waals surface area contributed by atoms with E-state index in [0.717, 1.165) is 121 Å². The molecular weight excluding hydrogens is 788 g/mol. The lowest BCUT2D eigenvalue weighted by molar-refractivity contribution is 1.47. The van der Waals surface area contributed by atoms with Crippen LogP contribution in [0.2, 0.25) is 10.0 Å². The van der Waals surface area contributed by atoms with Gasteiger partial charge in [0.05, 0.1) is 43.1 Å². The van der Waals surface area contributed by atoms with Crippen LogP contribution in [0, 0.1) is 6.92 Å². The van der Waals surface area contributed by atoms with Crippen LogP contribution in [0.25, 0.3) is 132 Å². The average molecular weight is 822 g/mol. The number of aryl methyl sites for hydroxylation is 1. The number of nitrogens with one attached hydrogen (secondary N) is 4. The zero-order valence-corrected chi connectivity index (χ0v) is 34.4. The molecule has 0 radical (unpaired) electrons. The van der Waals surface area contributed by atoms with Crippen molar-refractivity contribution in [3.63, 3.8) is 0 Å². The van der Waals surface area contributed by atoms with E-state index in [4.69, 9.17) is 23.2 Å². The van der Waals surface area contributed by atoms with Crippen LogP contribution in [0.4, 0.5) is 0 Å². The van der Waals surface area contributed by atoms with Gasteiger partial charge in [0.2, 0.25) is 0 Å². The molecule has 0 aliphatic heterocycles. The first-order valence-electron chi connectivity index (χ1n) is 20.6. The predicted octanol–water partition coefficient (Wildman–Crippen LogP) is 16.5. The van der Waals surface area contributed by atoms with Crippen molar-refractivity contribution in [1.82, 2.24) is 19.9 Å². The Labute approximate surface area is 359 Å². The van der Waals surface area contributed by atoms with Gasteiger partial charge in [-0.15, -0.1) is 0 Å². The van der Waals surface area contributed by atoms with E-state index in [9.17, 15) is 0 Å². The highest BCUT2D eigenvalue weighted by molar-refractivity contribution is 6.39. The standard InChI is InChI=1S/C55H34Cl2N4/c1-29-22-23-33-35-25-27-41(57)47(53(35)59-43(33)28-29)37-18-11-20-39-49-45(31-14-6-3-7-15-31)54-48(44(55(49)61-51(37)39)30-12-4-2-5-13-30)38-19-10-17-36(50(38)60-54)46-40(56)26-24-34-32-16-8-9-21-42(32)58-52(34)46/h2-28,58-61H,1H3. The van der Waals surface area contributed by atoms with Gasteiger partial charge in [0.25, 0.3) is 0 Å². The molecule has 288 valence electrons. The fourth-order valence-corrected chi connectivity index (χ4v) is 10.8. The van der Waals surface area contributed by atoms with Crippen molar-refractivity contribution < 1.29 is 0 Å². The van der Waals surface area contributed by atoms with Gasteiger partial charge < -0.3 is 19.9 Å². The Morgan fingerprint density at radius 2 is 0.787 bits per heavy atom. The highest BCUT2D eigenvalue weighted by atomic mass is 35.5. The third kappa shape index (κ3) is 4.89. The number of benzene rings is 9. The predicted molar refractivity (Wildman–Crippen MR) is 260 cm³/mol. The zero-order valence-electron chi connectivity index (χ0n) is 32.8. The molecule has 0 fully saturated rings. The second-order valence-electron chi connectivity index (χ2n) is 16.2. The molecule has 13 aromatic rings. The highest BCUT2D eigenvalue weighted by Gasteiger charge is 2.27. The second kappa shape index (κ2) is 12.9. The minimum atomic E-state index is 0.696. The maximum Gasteiger partial charge on any atom is 0.0560 e. The summed E-state index contributed by atoms with van der Waals surface area (Å²) >= 11 is 14.5. The topological polar surface area (TPSA) is 63.2 Å². The summed E-state index contributed by atoms with van der Waals surface area (Å²) in [4.78, 5) is 15.7. The molecular formula is C55H34Cl2N4. The van der Waals surface area contributed by atoms with Crippen molar-refractivity contribution in [3.05, 3.63) is 179 Å². The Bertz CT molecular complexity index is 3920. The molecule has 0 atom stereocenters. The smallest absolute Gasteiger partial charge is 0.0560 e. The van der Waals surface area contributed by atoms with Crippen molar-refractivity contribution in [1.29, 1.82) is 0 Å². The van der Waals surface area contributed by atoms with Crippen LogP contribution >= 0.6 is 23.2 Å². The van der Waals surface area contributed by atoms with E-state index in [1.54, 1.807) is 0 Å². The first-order chi connectivity index (χ1) is 30.0. The lowest BCUT2D eigenvalue weighted by atomic mass is 9.89. The second-order valence-corrected chi connectivity index (χ2v) is 17.0. The molecule has 0 saturated heterocycles. The molecule has 6 heteroatoms. The van der Waals surface area contributed by atoms with Gasteiger partial charge in [-0.05, 0) is 47.9 Å². The molecule has 4 nitrogen and oxygen atoms in total. The lowest BCUT2D eigenvalue weighted by Crippen LogP contribution is -1.88. The normalized spacial score (nSPS) is 12.2. The number of aromatic amines is 4. The summed E-state index contributed by atoms with van der Waals surface area (Å²) in [5.74, 6) is 0. The van der Waals surface area contributed by atoms with Crippen molar-refractivity contribution in [2.75, 3.05) is 0 Å². The Kier molecular flexibility index (Phi) is 7.31. The fourth-order valence-electron chi connectivity index (χ4n) is 10.3.